The monoisotopic (exact) mass is 658 g/mol. The summed E-state index contributed by atoms with van der Waals surface area (Å²) in [6.07, 6.45) is 5.86. The number of furan rings is 1. The largest absolute Gasteiger partial charge is 0.455 e. The Hall–Kier alpha value is -6.64. The summed E-state index contributed by atoms with van der Waals surface area (Å²) >= 11 is 0. The number of nitrogens with one attached hydrogen (secondary N) is 1. The molecule has 3 N–H and O–H groups in total. The molecular weight excluding hydrogens is 625 g/mol. The van der Waals surface area contributed by atoms with E-state index in [0.717, 1.165) is 60.9 Å². The Morgan fingerprint density at radius 3 is 2.24 bits per heavy atom. The Morgan fingerprint density at radius 1 is 0.725 bits per heavy atom. The van der Waals surface area contributed by atoms with E-state index in [1.165, 1.54) is 22.3 Å². The van der Waals surface area contributed by atoms with E-state index in [9.17, 15) is 5.26 Å². The van der Waals surface area contributed by atoms with E-state index in [-0.39, 0.29) is 11.6 Å². The maximum absolute atomic E-state index is 9.53. The Balaban J connectivity index is 0.992. The quantitative estimate of drug-likeness (QED) is 0.142. The Morgan fingerprint density at radius 2 is 1.47 bits per heavy atom. The molecule has 5 heteroatoms. The van der Waals surface area contributed by atoms with E-state index < -0.39 is 0 Å². The molecule has 5 nitrogen and oxygen atoms in total. The molecule has 1 aromatic heterocycles. The third kappa shape index (κ3) is 5.12. The lowest BCUT2D eigenvalue weighted by Gasteiger charge is -2.22. The number of dihydropyridines is 1. The van der Waals surface area contributed by atoms with Crippen LogP contribution >= 0.6 is 0 Å². The molecular formula is C46H34N4O. The minimum atomic E-state index is -0.226. The summed E-state index contributed by atoms with van der Waals surface area (Å²) in [5, 5.41) is 15.0. The van der Waals surface area contributed by atoms with Crippen molar-refractivity contribution in [2.24, 2.45) is 10.7 Å². The molecule has 0 amide bonds. The van der Waals surface area contributed by atoms with Gasteiger partial charge in [0.05, 0.1) is 11.6 Å². The summed E-state index contributed by atoms with van der Waals surface area (Å²) in [6, 6.07) is 46.3. The molecule has 2 aliphatic rings. The van der Waals surface area contributed by atoms with Crippen molar-refractivity contribution in [2.75, 3.05) is 0 Å². The van der Waals surface area contributed by atoms with Crippen LogP contribution in [0.5, 0.6) is 0 Å². The van der Waals surface area contributed by atoms with Crippen LogP contribution in [0.25, 0.3) is 60.9 Å². The van der Waals surface area contributed by atoms with E-state index >= 15 is 0 Å². The van der Waals surface area contributed by atoms with Crippen LogP contribution in [0.1, 0.15) is 41.7 Å². The minimum absolute atomic E-state index is 0.218. The first kappa shape index (κ1) is 30.4. The fourth-order valence-electron chi connectivity index (χ4n) is 7.60. The Bertz CT molecular complexity index is 2650. The van der Waals surface area contributed by atoms with Crippen molar-refractivity contribution in [3.05, 3.63) is 174 Å². The first-order valence-electron chi connectivity index (χ1n) is 17.2. The van der Waals surface area contributed by atoms with Gasteiger partial charge in [0, 0.05) is 33.5 Å². The number of aliphatic imine (C=N–C) groups is 1. The summed E-state index contributed by atoms with van der Waals surface area (Å²) in [5.41, 5.74) is 21.0. The predicted octanol–water partition coefficient (Wildman–Crippen LogP) is 10.3. The van der Waals surface area contributed by atoms with E-state index in [4.69, 9.17) is 15.1 Å². The van der Waals surface area contributed by atoms with Gasteiger partial charge in [0.2, 0.25) is 0 Å². The molecule has 51 heavy (non-hydrogen) atoms. The van der Waals surface area contributed by atoms with E-state index in [1.54, 1.807) is 0 Å². The highest BCUT2D eigenvalue weighted by molar-refractivity contribution is 6.11. The van der Waals surface area contributed by atoms with Crippen LogP contribution in [0.3, 0.4) is 0 Å². The average Bonchev–Trinajstić information content (AvgIpc) is 3.66. The van der Waals surface area contributed by atoms with Gasteiger partial charge in [-0.15, -0.1) is 0 Å². The highest BCUT2D eigenvalue weighted by Crippen LogP contribution is 2.50. The molecule has 2 heterocycles. The SMILES string of the molecule is CC1(C)c2cc(C#N)ccc2-c2ccc(-c3cccc4c3oc3ccc(-c5ccc(C(N)=NC6C=CC(c7ccccc7)=CN6)cc5)cc34)cc21. The Labute approximate surface area is 296 Å². The number of amidine groups is 1. The fraction of sp³-hybridized carbons (Fsp3) is 0.0870. The number of allylic oxidation sites excluding steroid dienone is 2. The molecule has 9 rings (SSSR count). The number of nitrogens with two attached hydrogens (primary N) is 1. The molecule has 244 valence electrons. The van der Waals surface area contributed by atoms with Crippen molar-refractivity contribution < 1.29 is 4.42 Å². The maximum atomic E-state index is 9.53. The van der Waals surface area contributed by atoms with Crippen molar-refractivity contribution in [1.82, 2.24) is 5.32 Å². The summed E-state index contributed by atoms with van der Waals surface area (Å²) in [7, 11) is 0. The highest BCUT2D eigenvalue weighted by Gasteiger charge is 2.36. The topological polar surface area (TPSA) is 87.3 Å². The van der Waals surface area contributed by atoms with Crippen molar-refractivity contribution in [1.29, 1.82) is 5.26 Å². The van der Waals surface area contributed by atoms with Gasteiger partial charge in [0.25, 0.3) is 0 Å². The number of para-hydroxylation sites is 1. The zero-order valence-corrected chi connectivity index (χ0v) is 28.3. The molecule has 1 atom stereocenters. The summed E-state index contributed by atoms with van der Waals surface area (Å²) in [6.45, 7) is 4.48. The highest BCUT2D eigenvalue weighted by atomic mass is 16.3. The summed E-state index contributed by atoms with van der Waals surface area (Å²) in [4.78, 5) is 4.71. The van der Waals surface area contributed by atoms with Crippen molar-refractivity contribution in [2.45, 2.75) is 25.4 Å². The molecule has 0 saturated carbocycles. The second-order valence-electron chi connectivity index (χ2n) is 13.8. The van der Waals surface area contributed by atoms with Crippen LogP contribution in [0.2, 0.25) is 0 Å². The van der Waals surface area contributed by atoms with Crippen LogP contribution in [0.15, 0.2) is 155 Å². The molecule has 1 unspecified atom stereocenters. The summed E-state index contributed by atoms with van der Waals surface area (Å²) < 4.78 is 6.56. The van der Waals surface area contributed by atoms with Gasteiger partial charge >= 0.3 is 0 Å². The molecule has 0 saturated heterocycles. The first-order chi connectivity index (χ1) is 24.9. The zero-order chi connectivity index (χ0) is 34.7. The number of fused-ring (bicyclic) bond motifs is 6. The van der Waals surface area contributed by atoms with Crippen LogP contribution in [-0.2, 0) is 5.41 Å². The van der Waals surface area contributed by atoms with Gasteiger partial charge in [0.1, 0.15) is 23.2 Å². The molecule has 0 spiro atoms. The van der Waals surface area contributed by atoms with Crippen LogP contribution < -0.4 is 11.1 Å². The minimum Gasteiger partial charge on any atom is -0.455 e. The number of nitriles is 1. The molecule has 6 aromatic carbocycles. The van der Waals surface area contributed by atoms with Crippen LogP contribution in [0.4, 0.5) is 0 Å². The molecule has 0 fully saturated rings. The van der Waals surface area contributed by atoms with Gasteiger partial charge in [-0.05, 0) is 86.5 Å². The Kier molecular flexibility index (Phi) is 7.01. The predicted molar refractivity (Wildman–Crippen MR) is 208 cm³/mol. The lowest BCUT2D eigenvalue weighted by molar-refractivity contribution is 0.660. The molecule has 0 bridgehead atoms. The third-order valence-electron chi connectivity index (χ3n) is 10.4. The van der Waals surface area contributed by atoms with Crippen molar-refractivity contribution >= 4 is 33.3 Å². The van der Waals surface area contributed by atoms with E-state index in [2.05, 4.69) is 116 Å². The molecule has 1 aliphatic heterocycles. The van der Waals surface area contributed by atoms with Gasteiger partial charge in [-0.1, -0.05) is 117 Å². The normalized spacial score (nSPS) is 16.0. The lowest BCUT2D eigenvalue weighted by Crippen LogP contribution is -2.26. The summed E-state index contributed by atoms with van der Waals surface area (Å²) in [5.74, 6) is 0.481. The molecule has 1 aliphatic carbocycles. The van der Waals surface area contributed by atoms with Gasteiger partial charge in [-0.3, -0.25) is 0 Å². The third-order valence-corrected chi connectivity index (χ3v) is 10.4. The number of hydrogen-bond donors (Lipinski definition) is 2. The zero-order valence-electron chi connectivity index (χ0n) is 28.3. The second kappa shape index (κ2) is 11.8. The number of hydrogen-bond acceptors (Lipinski definition) is 4. The van der Waals surface area contributed by atoms with Gasteiger partial charge in [-0.25, -0.2) is 4.99 Å². The number of nitrogens with zero attached hydrogens (tertiary/aromatic N) is 2. The van der Waals surface area contributed by atoms with E-state index in [1.807, 2.05) is 54.7 Å². The van der Waals surface area contributed by atoms with E-state index in [0.29, 0.717) is 11.4 Å². The van der Waals surface area contributed by atoms with Gasteiger partial charge in [0.15, 0.2) is 0 Å². The number of rotatable bonds is 5. The lowest BCUT2D eigenvalue weighted by atomic mass is 9.81. The smallest absolute Gasteiger partial charge is 0.143 e. The van der Waals surface area contributed by atoms with Crippen LogP contribution in [-0.4, -0.2) is 12.0 Å². The van der Waals surface area contributed by atoms with Gasteiger partial charge < -0.3 is 15.5 Å². The van der Waals surface area contributed by atoms with Gasteiger partial charge in [-0.2, -0.15) is 5.26 Å². The van der Waals surface area contributed by atoms with Crippen molar-refractivity contribution in [3.8, 4) is 39.4 Å². The molecule has 0 radical (unpaired) electrons. The maximum Gasteiger partial charge on any atom is 0.143 e. The molecule has 7 aromatic rings. The van der Waals surface area contributed by atoms with Crippen molar-refractivity contribution in [3.63, 3.8) is 0 Å². The average molecular weight is 659 g/mol. The second-order valence-corrected chi connectivity index (χ2v) is 13.8. The fourth-order valence-corrected chi connectivity index (χ4v) is 7.60. The van der Waals surface area contributed by atoms with Crippen LogP contribution in [0, 0.1) is 11.3 Å². The first-order valence-corrected chi connectivity index (χ1v) is 17.2. The number of benzene rings is 6. The standard InChI is InChI=1S/C46H34N4O/c1-46(2)40-23-28(26-47)11-19-36(40)37-20-16-33(25-41(37)46)35-9-6-10-38-39-24-32(17-21-42(39)51-44(35)38)30-12-14-31(15-13-30)45(48)50-43-22-18-34(27-49-43)29-7-4-3-5-8-29/h3-25,27,43,49H,1-2H3,(H2,48,50).